The van der Waals surface area contributed by atoms with Crippen LogP contribution in [-0.4, -0.2) is 4.92 Å². The lowest BCUT2D eigenvalue weighted by Gasteiger charge is -2.08. The van der Waals surface area contributed by atoms with E-state index in [0.717, 1.165) is 17.8 Å². The van der Waals surface area contributed by atoms with Crippen LogP contribution in [0.4, 0.5) is 5.69 Å². The summed E-state index contributed by atoms with van der Waals surface area (Å²) in [4.78, 5) is 10.8. The zero-order valence-electron chi connectivity index (χ0n) is 14.8. The zero-order chi connectivity index (χ0) is 18.6. The Balaban J connectivity index is 1.80. The third kappa shape index (κ3) is 3.70. The Kier molecular flexibility index (Phi) is 4.62. The molecule has 4 nitrogen and oxygen atoms in total. The number of hydrogen-bond acceptors (Lipinski definition) is 2. The molecule has 0 aliphatic rings. The SMILES string of the molecule is O=[N+]([O-])c1cccc(Cc2c3ccccc3cc[n+]2Cc2ccccc2)c1. The van der Waals surface area contributed by atoms with Gasteiger partial charge in [0.05, 0.1) is 11.3 Å². The molecule has 132 valence electrons. The van der Waals surface area contributed by atoms with Crippen LogP contribution in [0.2, 0.25) is 0 Å². The van der Waals surface area contributed by atoms with Crippen molar-refractivity contribution in [1.29, 1.82) is 0 Å². The van der Waals surface area contributed by atoms with Gasteiger partial charge in [-0.25, -0.2) is 0 Å². The van der Waals surface area contributed by atoms with Gasteiger partial charge in [-0.3, -0.25) is 10.1 Å². The molecule has 0 N–H and O–H groups in total. The van der Waals surface area contributed by atoms with Crippen molar-refractivity contribution in [3.63, 3.8) is 0 Å². The molecule has 4 aromatic rings. The summed E-state index contributed by atoms with van der Waals surface area (Å²) in [5, 5.41) is 13.5. The van der Waals surface area contributed by atoms with Crippen molar-refractivity contribution in [2.45, 2.75) is 13.0 Å². The fourth-order valence-electron chi connectivity index (χ4n) is 3.42. The predicted octanol–water partition coefficient (Wildman–Crippen LogP) is 4.67. The van der Waals surface area contributed by atoms with Gasteiger partial charge >= 0.3 is 0 Å². The fraction of sp³-hybridized carbons (Fsp3) is 0.0870. The predicted molar refractivity (Wildman–Crippen MR) is 106 cm³/mol. The topological polar surface area (TPSA) is 47.0 Å². The molecule has 4 rings (SSSR count). The molecule has 4 heteroatoms. The lowest BCUT2D eigenvalue weighted by molar-refractivity contribution is -0.693. The average Bonchev–Trinajstić information content (AvgIpc) is 2.71. The maximum atomic E-state index is 11.1. The maximum Gasteiger partial charge on any atom is 0.269 e. The molecule has 0 bridgehead atoms. The molecule has 0 fully saturated rings. The number of rotatable bonds is 5. The monoisotopic (exact) mass is 355 g/mol. The van der Waals surface area contributed by atoms with Gasteiger partial charge in [0.25, 0.3) is 5.69 Å². The van der Waals surface area contributed by atoms with Crippen LogP contribution in [0.1, 0.15) is 16.8 Å². The smallest absolute Gasteiger partial charge is 0.258 e. The number of hydrogen-bond donors (Lipinski definition) is 0. The molecule has 27 heavy (non-hydrogen) atoms. The third-order valence-corrected chi connectivity index (χ3v) is 4.74. The van der Waals surface area contributed by atoms with Gasteiger partial charge in [-0.1, -0.05) is 60.7 Å². The van der Waals surface area contributed by atoms with E-state index in [1.54, 1.807) is 12.1 Å². The highest BCUT2D eigenvalue weighted by atomic mass is 16.6. The van der Waals surface area contributed by atoms with Gasteiger partial charge < -0.3 is 0 Å². The highest BCUT2D eigenvalue weighted by Gasteiger charge is 2.17. The number of nitrogens with zero attached hydrogens (tertiary/aromatic N) is 2. The second-order valence-electron chi connectivity index (χ2n) is 6.57. The summed E-state index contributed by atoms with van der Waals surface area (Å²) in [6, 6.07) is 27.6. The van der Waals surface area contributed by atoms with E-state index >= 15 is 0 Å². The number of nitro benzene ring substituents is 1. The molecule has 1 heterocycles. The van der Waals surface area contributed by atoms with Crippen molar-refractivity contribution in [3.8, 4) is 0 Å². The molecule has 0 atom stereocenters. The molecule has 0 saturated heterocycles. The van der Waals surface area contributed by atoms with Gasteiger partial charge in [0.2, 0.25) is 0 Å². The minimum absolute atomic E-state index is 0.127. The quantitative estimate of drug-likeness (QED) is 0.297. The first-order valence-electron chi connectivity index (χ1n) is 8.88. The van der Waals surface area contributed by atoms with Gasteiger partial charge in [-0.2, -0.15) is 4.57 Å². The Morgan fingerprint density at radius 3 is 2.37 bits per heavy atom. The summed E-state index contributed by atoms with van der Waals surface area (Å²) in [5.41, 5.74) is 3.43. The Morgan fingerprint density at radius 1 is 0.815 bits per heavy atom. The van der Waals surface area contributed by atoms with Crippen LogP contribution in [0, 0.1) is 10.1 Å². The Labute approximate surface area is 157 Å². The lowest BCUT2D eigenvalue weighted by atomic mass is 10.0. The van der Waals surface area contributed by atoms with E-state index in [1.165, 1.54) is 22.4 Å². The van der Waals surface area contributed by atoms with Crippen LogP contribution in [0.25, 0.3) is 10.8 Å². The van der Waals surface area contributed by atoms with Crippen molar-refractivity contribution < 1.29 is 9.49 Å². The fourth-order valence-corrected chi connectivity index (χ4v) is 3.42. The Bertz CT molecular complexity index is 1110. The molecule has 0 spiro atoms. The summed E-state index contributed by atoms with van der Waals surface area (Å²) in [6.07, 6.45) is 2.73. The van der Waals surface area contributed by atoms with Crippen LogP contribution in [-0.2, 0) is 13.0 Å². The summed E-state index contributed by atoms with van der Waals surface area (Å²) in [6.45, 7) is 0.760. The van der Waals surface area contributed by atoms with Crippen molar-refractivity contribution >= 4 is 16.5 Å². The van der Waals surface area contributed by atoms with Crippen molar-refractivity contribution in [1.82, 2.24) is 0 Å². The summed E-state index contributed by atoms with van der Waals surface area (Å²) < 4.78 is 2.23. The first kappa shape index (κ1) is 16.9. The normalized spacial score (nSPS) is 10.8. The zero-order valence-corrected chi connectivity index (χ0v) is 14.8. The van der Waals surface area contributed by atoms with E-state index in [-0.39, 0.29) is 10.6 Å². The van der Waals surface area contributed by atoms with E-state index in [2.05, 4.69) is 41.1 Å². The molecule has 3 aromatic carbocycles. The standard InChI is InChI=1S/C23H19N2O2/c26-25(27)21-11-6-9-19(15-21)16-23-22-12-5-4-10-20(22)13-14-24(23)17-18-7-2-1-3-8-18/h1-15H,16-17H2/q+1. The minimum atomic E-state index is -0.343. The first-order chi connectivity index (χ1) is 13.2. The van der Waals surface area contributed by atoms with E-state index in [4.69, 9.17) is 0 Å². The van der Waals surface area contributed by atoms with Crippen LogP contribution >= 0.6 is 0 Å². The van der Waals surface area contributed by atoms with E-state index < -0.39 is 0 Å². The van der Waals surface area contributed by atoms with Gasteiger partial charge in [-0.05, 0) is 17.0 Å². The molecule has 0 saturated carbocycles. The molecule has 1 aromatic heterocycles. The number of benzene rings is 3. The molecule has 0 amide bonds. The number of fused-ring (bicyclic) bond motifs is 1. The van der Waals surface area contributed by atoms with Gasteiger partial charge in [0.15, 0.2) is 18.4 Å². The number of aromatic nitrogens is 1. The number of nitro groups is 1. The number of non-ortho nitro benzene ring substituents is 1. The van der Waals surface area contributed by atoms with E-state index in [9.17, 15) is 10.1 Å². The minimum Gasteiger partial charge on any atom is -0.258 e. The summed E-state index contributed by atoms with van der Waals surface area (Å²) in [5.74, 6) is 0. The Morgan fingerprint density at radius 2 is 1.56 bits per heavy atom. The first-order valence-corrected chi connectivity index (χ1v) is 8.88. The molecule has 0 aliphatic heterocycles. The van der Waals surface area contributed by atoms with Crippen molar-refractivity contribution in [2.75, 3.05) is 0 Å². The van der Waals surface area contributed by atoms with Crippen LogP contribution < -0.4 is 4.57 Å². The lowest BCUT2D eigenvalue weighted by Crippen LogP contribution is -2.39. The molecular formula is C23H19N2O2+. The third-order valence-electron chi connectivity index (χ3n) is 4.74. The molecule has 0 radical (unpaired) electrons. The summed E-state index contributed by atoms with van der Waals surface area (Å²) >= 11 is 0. The van der Waals surface area contributed by atoms with Gasteiger partial charge in [-0.15, -0.1) is 0 Å². The highest BCUT2D eigenvalue weighted by Crippen LogP contribution is 2.21. The van der Waals surface area contributed by atoms with Crippen molar-refractivity contribution in [3.05, 3.63) is 118 Å². The highest BCUT2D eigenvalue weighted by molar-refractivity contribution is 5.83. The van der Waals surface area contributed by atoms with E-state index in [1.807, 2.05) is 36.4 Å². The molecule has 0 unspecified atom stereocenters. The largest absolute Gasteiger partial charge is 0.269 e. The van der Waals surface area contributed by atoms with Gasteiger partial charge in [0, 0.05) is 29.1 Å². The van der Waals surface area contributed by atoms with Crippen LogP contribution in [0.3, 0.4) is 0 Å². The van der Waals surface area contributed by atoms with Crippen molar-refractivity contribution in [2.24, 2.45) is 0 Å². The van der Waals surface area contributed by atoms with Crippen LogP contribution in [0.15, 0.2) is 91.1 Å². The molecular weight excluding hydrogens is 336 g/mol. The van der Waals surface area contributed by atoms with Gasteiger partial charge in [0.1, 0.15) is 0 Å². The second kappa shape index (κ2) is 7.38. The average molecular weight is 355 g/mol. The number of pyridine rings is 1. The summed E-state index contributed by atoms with van der Waals surface area (Å²) in [7, 11) is 0. The molecule has 0 aliphatic carbocycles. The second-order valence-corrected chi connectivity index (χ2v) is 6.57. The van der Waals surface area contributed by atoms with E-state index in [0.29, 0.717) is 6.42 Å². The Hall–Kier alpha value is -3.53. The maximum absolute atomic E-state index is 11.1. The van der Waals surface area contributed by atoms with Crippen LogP contribution in [0.5, 0.6) is 0 Å².